The number of nitrogens with one attached hydrogen (secondary N) is 2. The highest BCUT2D eigenvalue weighted by atomic mass is 32.1. The third-order valence-electron chi connectivity index (χ3n) is 5.08. The lowest BCUT2D eigenvalue weighted by atomic mass is 10.1. The smallest absolute Gasteiger partial charge is 0.191 e. The number of aromatic nitrogens is 1. The zero-order valence-corrected chi connectivity index (χ0v) is 16.4. The van der Waals surface area contributed by atoms with Crippen molar-refractivity contribution in [3.8, 4) is 0 Å². The van der Waals surface area contributed by atoms with E-state index in [1.165, 1.54) is 30.0 Å². The Hall–Kier alpha value is -1.14. The molecule has 2 unspecified atom stereocenters. The molecule has 0 bridgehead atoms. The van der Waals surface area contributed by atoms with Gasteiger partial charge in [-0.25, -0.2) is 4.98 Å². The van der Waals surface area contributed by atoms with Gasteiger partial charge in [-0.2, -0.15) is 0 Å². The van der Waals surface area contributed by atoms with Crippen LogP contribution in [0.3, 0.4) is 0 Å². The Bertz CT molecular complexity index is 590. The second-order valence-corrected chi connectivity index (χ2v) is 8.83. The third-order valence-corrected chi connectivity index (χ3v) is 6.07. The number of hydrogen-bond acceptors (Lipinski definition) is 4. The average Bonchev–Trinajstić information content (AvgIpc) is 3.23. The van der Waals surface area contributed by atoms with Gasteiger partial charge in [0.15, 0.2) is 5.96 Å². The maximum Gasteiger partial charge on any atom is 0.191 e. The quantitative estimate of drug-likeness (QED) is 0.634. The number of nitrogens with zero attached hydrogens (tertiary/aromatic N) is 3. The van der Waals surface area contributed by atoms with Gasteiger partial charge in [-0.1, -0.05) is 20.8 Å². The summed E-state index contributed by atoms with van der Waals surface area (Å²) in [4.78, 5) is 13.1. The van der Waals surface area contributed by atoms with Gasteiger partial charge in [0.2, 0.25) is 0 Å². The van der Waals surface area contributed by atoms with Crippen LogP contribution in [0.2, 0.25) is 0 Å². The molecule has 1 saturated carbocycles. The fourth-order valence-electron chi connectivity index (χ4n) is 3.54. The average molecular weight is 350 g/mol. The summed E-state index contributed by atoms with van der Waals surface area (Å²) in [6, 6.07) is 1.34. The topological polar surface area (TPSA) is 52.6 Å². The van der Waals surface area contributed by atoms with Crippen molar-refractivity contribution in [1.29, 1.82) is 0 Å². The number of thiazole rings is 1. The van der Waals surface area contributed by atoms with E-state index in [9.17, 15) is 0 Å². The Labute approximate surface area is 150 Å². The van der Waals surface area contributed by atoms with Crippen LogP contribution in [0.5, 0.6) is 0 Å². The van der Waals surface area contributed by atoms with Crippen LogP contribution in [0.15, 0.2) is 4.99 Å². The summed E-state index contributed by atoms with van der Waals surface area (Å²) in [6.07, 6.45) is 2.77. The van der Waals surface area contributed by atoms with Crippen LogP contribution in [0, 0.1) is 12.8 Å². The van der Waals surface area contributed by atoms with E-state index in [2.05, 4.69) is 48.2 Å². The highest BCUT2D eigenvalue weighted by molar-refractivity contribution is 7.11. The van der Waals surface area contributed by atoms with Crippen molar-refractivity contribution in [3.63, 3.8) is 0 Å². The Morgan fingerprint density at radius 2 is 2.12 bits per heavy atom. The van der Waals surface area contributed by atoms with E-state index in [-0.39, 0.29) is 0 Å². The molecule has 0 aromatic carbocycles. The van der Waals surface area contributed by atoms with E-state index in [0.29, 0.717) is 17.9 Å². The largest absolute Gasteiger partial charge is 0.352 e. The lowest BCUT2D eigenvalue weighted by molar-refractivity contribution is 0.315. The van der Waals surface area contributed by atoms with Gasteiger partial charge in [-0.15, -0.1) is 11.3 Å². The van der Waals surface area contributed by atoms with E-state index < -0.39 is 0 Å². The van der Waals surface area contributed by atoms with Crippen LogP contribution in [0.25, 0.3) is 0 Å². The molecule has 5 nitrogen and oxygen atoms in total. The Balaban J connectivity index is 1.52. The lowest BCUT2D eigenvalue weighted by Gasteiger charge is -2.20. The molecular weight excluding hydrogens is 318 g/mol. The second kappa shape index (κ2) is 7.40. The van der Waals surface area contributed by atoms with E-state index in [0.717, 1.165) is 30.1 Å². The molecule has 1 aromatic rings. The summed E-state index contributed by atoms with van der Waals surface area (Å²) in [7, 11) is 1.85. The first-order valence-corrected chi connectivity index (χ1v) is 9.97. The molecule has 24 heavy (non-hydrogen) atoms. The van der Waals surface area contributed by atoms with Gasteiger partial charge in [-0.05, 0) is 31.6 Å². The summed E-state index contributed by atoms with van der Waals surface area (Å²) in [6.45, 7) is 12.0. The molecule has 1 aliphatic heterocycles. The molecule has 1 aromatic heterocycles. The maximum atomic E-state index is 4.77. The molecule has 2 fully saturated rings. The number of rotatable bonds is 5. The van der Waals surface area contributed by atoms with E-state index in [1.807, 2.05) is 7.05 Å². The third kappa shape index (κ3) is 4.09. The molecular formula is C18H31N5S. The number of aryl methyl sites for hydroxylation is 1. The van der Waals surface area contributed by atoms with Gasteiger partial charge in [0.1, 0.15) is 5.01 Å². The summed E-state index contributed by atoms with van der Waals surface area (Å²) >= 11 is 1.79. The number of likely N-dealkylation sites (tertiary alicyclic amines) is 1. The van der Waals surface area contributed by atoms with E-state index in [1.54, 1.807) is 11.3 Å². The lowest BCUT2D eigenvalue weighted by Crippen LogP contribution is -2.46. The first kappa shape index (κ1) is 17.7. The Morgan fingerprint density at radius 3 is 2.71 bits per heavy atom. The predicted octanol–water partition coefficient (Wildman–Crippen LogP) is 2.72. The minimum absolute atomic E-state index is 0.486. The van der Waals surface area contributed by atoms with Crippen LogP contribution in [0.1, 0.15) is 55.1 Å². The predicted molar refractivity (Wildman–Crippen MR) is 102 cm³/mol. The van der Waals surface area contributed by atoms with Crippen LogP contribution in [-0.2, 0) is 6.54 Å². The summed E-state index contributed by atoms with van der Waals surface area (Å²) < 4.78 is 0. The number of hydrogen-bond donors (Lipinski definition) is 2. The van der Waals surface area contributed by atoms with Crippen molar-refractivity contribution in [2.24, 2.45) is 10.9 Å². The molecule has 1 saturated heterocycles. The SMILES string of the molecule is CN=C(NCc1nc(C(C)C)c(C)s1)NC1CN(C2CC2)CC1C. The fraction of sp³-hybridized carbons (Fsp3) is 0.778. The van der Waals surface area contributed by atoms with Crippen molar-refractivity contribution in [3.05, 3.63) is 15.6 Å². The molecule has 0 spiro atoms. The van der Waals surface area contributed by atoms with Gasteiger partial charge in [0.05, 0.1) is 12.2 Å². The van der Waals surface area contributed by atoms with Gasteiger partial charge in [-0.3, -0.25) is 9.89 Å². The Kier molecular flexibility index (Phi) is 5.45. The number of guanidine groups is 1. The first-order chi connectivity index (χ1) is 11.5. The highest BCUT2D eigenvalue weighted by Gasteiger charge is 2.38. The molecule has 134 valence electrons. The minimum atomic E-state index is 0.486. The van der Waals surface area contributed by atoms with Crippen LogP contribution in [0.4, 0.5) is 0 Å². The first-order valence-electron chi connectivity index (χ1n) is 9.15. The van der Waals surface area contributed by atoms with Gasteiger partial charge >= 0.3 is 0 Å². The van der Waals surface area contributed by atoms with E-state index >= 15 is 0 Å². The second-order valence-electron chi connectivity index (χ2n) is 7.54. The zero-order valence-electron chi connectivity index (χ0n) is 15.6. The standard InChI is InChI=1S/C18H31N5S/c1-11(2)17-13(4)24-16(22-17)8-20-18(19-5)21-15-10-23(9-12(15)3)14-6-7-14/h11-12,14-15H,6-10H2,1-5H3,(H2,19,20,21). The summed E-state index contributed by atoms with van der Waals surface area (Å²) in [5.41, 5.74) is 1.23. The minimum Gasteiger partial charge on any atom is -0.352 e. The fourth-order valence-corrected chi connectivity index (χ4v) is 4.56. The molecule has 2 N–H and O–H groups in total. The van der Waals surface area contributed by atoms with Crippen molar-refractivity contribution in [2.75, 3.05) is 20.1 Å². The molecule has 0 amide bonds. The van der Waals surface area contributed by atoms with Crippen molar-refractivity contribution in [2.45, 2.75) is 65.1 Å². The Morgan fingerprint density at radius 1 is 1.38 bits per heavy atom. The monoisotopic (exact) mass is 349 g/mol. The van der Waals surface area contributed by atoms with Gasteiger partial charge in [0, 0.05) is 37.1 Å². The van der Waals surface area contributed by atoms with Crippen molar-refractivity contribution in [1.82, 2.24) is 20.5 Å². The molecule has 2 heterocycles. The number of aliphatic imine (C=N–C) groups is 1. The van der Waals surface area contributed by atoms with Gasteiger partial charge in [0.25, 0.3) is 0 Å². The van der Waals surface area contributed by atoms with Crippen LogP contribution in [-0.4, -0.2) is 48.1 Å². The van der Waals surface area contributed by atoms with Crippen molar-refractivity contribution >= 4 is 17.3 Å². The zero-order chi connectivity index (χ0) is 17.3. The maximum absolute atomic E-state index is 4.77. The van der Waals surface area contributed by atoms with Gasteiger partial charge < -0.3 is 10.6 Å². The molecule has 0 radical (unpaired) electrons. The molecule has 3 rings (SSSR count). The summed E-state index contributed by atoms with van der Waals surface area (Å²) in [5, 5.41) is 8.19. The summed E-state index contributed by atoms with van der Waals surface area (Å²) in [5.74, 6) is 2.04. The molecule has 2 aliphatic rings. The van der Waals surface area contributed by atoms with Crippen LogP contribution < -0.4 is 10.6 Å². The van der Waals surface area contributed by atoms with Crippen LogP contribution >= 0.6 is 11.3 Å². The highest BCUT2D eigenvalue weighted by Crippen LogP contribution is 2.31. The van der Waals surface area contributed by atoms with E-state index in [4.69, 9.17) is 4.98 Å². The van der Waals surface area contributed by atoms with Crippen molar-refractivity contribution < 1.29 is 0 Å². The normalized spacial score (nSPS) is 25.5. The molecule has 2 atom stereocenters. The molecule has 1 aliphatic carbocycles. The molecule has 6 heteroatoms.